The average molecular weight is 228 g/mol. The van der Waals surface area contributed by atoms with Gasteiger partial charge < -0.3 is 15.4 Å². The van der Waals surface area contributed by atoms with E-state index in [0.29, 0.717) is 19.2 Å². The fourth-order valence-corrected chi connectivity index (χ4v) is 2.42. The molecule has 1 aromatic rings. The van der Waals surface area contributed by atoms with Crippen LogP contribution in [0.5, 0.6) is 0 Å². The van der Waals surface area contributed by atoms with Gasteiger partial charge in [0.25, 0.3) is 0 Å². The molecule has 0 aliphatic carbocycles. The predicted octanol–water partition coefficient (Wildman–Crippen LogP) is 0.399. The Morgan fingerprint density at radius 1 is 1.67 bits per heavy atom. The summed E-state index contributed by atoms with van der Waals surface area (Å²) < 4.78 is 9.78. The van der Waals surface area contributed by atoms with Gasteiger partial charge in [-0.05, 0) is 13.8 Å². The van der Waals surface area contributed by atoms with E-state index in [9.17, 15) is 0 Å². The topological polar surface area (TPSA) is 64.3 Å². The smallest absolute Gasteiger partial charge is 0.205 e. The van der Waals surface area contributed by atoms with E-state index in [-0.39, 0.29) is 6.10 Å². The summed E-state index contributed by atoms with van der Waals surface area (Å²) in [6.07, 6.45) is 0.116. The summed E-state index contributed by atoms with van der Waals surface area (Å²) in [5.41, 5.74) is 5.61. The predicted molar refractivity (Wildman–Crippen MR) is 60.2 cm³/mol. The first-order valence-electron chi connectivity index (χ1n) is 5.09. The number of ether oxygens (including phenoxy) is 1. The maximum Gasteiger partial charge on any atom is 0.205 e. The molecule has 0 aromatic carbocycles. The zero-order chi connectivity index (χ0) is 10.8. The number of nitrogens with two attached hydrogens (primary N) is 1. The third-order valence-corrected chi connectivity index (χ3v) is 3.38. The SMILES string of the molecule is Cc1nsc(N2CC(CN)OCC2C)n1. The van der Waals surface area contributed by atoms with E-state index in [2.05, 4.69) is 21.2 Å². The number of nitrogens with zero attached hydrogens (tertiary/aromatic N) is 3. The van der Waals surface area contributed by atoms with E-state index >= 15 is 0 Å². The largest absolute Gasteiger partial charge is 0.373 e. The number of aryl methyl sites for hydroxylation is 1. The van der Waals surface area contributed by atoms with Crippen LogP contribution in [0.1, 0.15) is 12.7 Å². The van der Waals surface area contributed by atoms with E-state index in [4.69, 9.17) is 10.5 Å². The Labute approximate surface area is 93.4 Å². The van der Waals surface area contributed by atoms with Gasteiger partial charge in [-0.25, -0.2) is 4.98 Å². The molecule has 0 amide bonds. The molecular weight excluding hydrogens is 212 g/mol. The minimum absolute atomic E-state index is 0.116. The Kier molecular flexibility index (Phi) is 3.18. The molecule has 15 heavy (non-hydrogen) atoms. The second kappa shape index (κ2) is 4.42. The standard InChI is InChI=1S/C9H16N4OS/c1-6-5-14-8(3-10)4-13(6)9-11-7(2)12-15-9/h6,8H,3-5,10H2,1-2H3. The van der Waals surface area contributed by atoms with Crippen molar-refractivity contribution in [2.24, 2.45) is 5.73 Å². The lowest BCUT2D eigenvalue weighted by Crippen LogP contribution is -2.50. The van der Waals surface area contributed by atoms with Crippen LogP contribution < -0.4 is 10.6 Å². The van der Waals surface area contributed by atoms with E-state index in [0.717, 1.165) is 17.5 Å². The monoisotopic (exact) mass is 228 g/mol. The summed E-state index contributed by atoms with van der Waals surface area (Å²) in [7, 11) is 0. The van der Waals surface area contributed by atoms with Gasteiger partial charge in [0.05, 0.1) is 18.8 Å². The highest BCUT2D eigenvalue weighted by Crippen LogP contribution is 2.23. The lowest BCUT2D eigenvalue weighted by Gasteiger charge is -2.37. The molecule has 2 N–H and O–H groups in total. The van der Waals surface area contributed by atoms with Crippen LogP contribution in [0.4, 0.5) is 5.13 Å². The second-order valence-electron chi connectivity index (χ2n) is 3.82. The summed E-state index contributed by atoms with van der Waals surface area (Å²) in [5, 5.41) is 0.974. The van der Waals surface area contributed by atoms with Gasteiger partial charge in [0.2, 0.25) is 5.13 Å². The summed E-state index contributed by atoms with van der Waals surface area (Å²) >= 11 is 1.44. The molecule has 6 heteroatoms. The molecule has 84 valence electrons. The fourth-order valence-electron chi connectivity index (χ4n) is 1.63. The zero-order valence-corrected chi connectivity index (χ0v) is 9.83. The minimum Gasteiger partial charge on any atom is -0.373 e. The van der Waals surface area contributed by atoms with Crippen LogP contribution in [0.3, 0.4) is 0 Å². The highest BCUT2D eigenvalue weighted by Gasteiger charge is 2.27. The summed E-state index contributed by atoms with van der Waals surface area (Å²) in [6, 6.07) is 0.347. The fraction of sp³-hybridized carbons (Fsp3) is 0.778. The molecule has 0 radical (unpaired) electrons. The molecule has 0 bridgehead atoms. The molecule has 2 rings (SSSR count). The number of morpholine rings is 1. The second-order valence-corrected chi connectivity index (χ2v) is 4.55. The molecule has 5 nitrogen and oxygen atoms in total. The number of aromatic nitrogens is 2. The van der Waals surface area contributed by atoms with E-state index in [1.165, 1.54) is 11.5 Å². The molecular formula is C9H16N4OS. The van der Waals surface area contributed by atoms with Crippen LogP contribution in [-0.4, -0.2) is 41.2 Å². The Morgan fingerprint density at radius 2 is 2.47 bits per heavy atom. The van der Waals surface area contributed by atoms with Gasteiger partial charge in [-0.15, -0.1) is 0 Å². The molecule has 1 aliphatic heterocycles. The van der Waals surface area contributed by atoms with Crippen LogP contribution in [0, 0.1) is 6.92 Å². The first-order valence-corrected chi connectivity index (χ1v) is 5.86. The zero-order valence-electron chi connectivity index (χ0n) is 9.01. The van der Waals surface area contributed by atoms with Gasteiger partial charge in [-0.1, -0.05) is 0 Å². The molecule has 1 aliphatic rings. The van der Waals surface area contributed by atoms with Crippen molar-refractivity contribution in [3.63, 3.8) is 0 Å². The highest BCUT2D eigenvalue weighted by molar-refractivity contribution is 7.09. The molecule has 1 aromatic heterocycles. The molecule has 2 unspecified atom stereocenters. The number of hydrogen-bond acceptors (Lipinski definition) is 6. The van der Waals surface area contributed by atoms with Gasteiger partial charge in [0.15, 0.2) is 0 Å². The normalized spacial score (nSPS) is 27.0. The Hall–Kier alpha value is -0.720. The van der Waals surface area contributed by atoms with Crippen LogP contribution in [0.25, 0.3) is 0 Å². The van der Waals surface area contributed by atoms with Gasteiger partial charge in [-0.2, -0.15) is 4.37 Å². The highest BCUT2D eigenvalue weighted by atomic mass is 32.1. The average Bonchev–Trinajstić information content (AvgIpc) is 2.65. The summed E-state index contributed by atoms with van der Waals surface area (Å²) in [4.78, 5) is 6.62. The van der Waals surface area contributed by atoms with Gasteiger partial charge in [0, 0.05) is 24.6 Å². The Balaban J connectivity index is 2.12. The number of hydrogen-bond donors (Lipinski definition) is 1. The van der Waals surface area contributed by atoms with Gasteiger partial charge in [-0.3, -0.25) is 0 Å². The van der Waals surface area contributed by atoms with E-state index in [1.54, 1.807) is 0 Å². The molecule has 0 saturated carbocycles. The van der Waals surface area contributed by atoms with Crippen molar-refractivity contribution in [1.29, 1.82) is 0 Å². The van der Waals surface area contributed by atoms with Crippen LogP contribution >= 0.6 is 11.5 Å². The molecule has 2 heterocycles. The number of anilines is 1. The summed E-state index contributed by atoms with van der Waals surface area (Å²) in [6.45, 7) is 6.11. The maximum atomic E-state index is 5.61. The minimum atomic E-state index is 0.116. The van der Waals surface area contributed by atoms with E-state index < -0.39 is 0 Å². The molecule has 1 fully saturated rings. The van der Waals surface area contributed by atoms with Crippen molar-refractivity contribution in [2.45, 2.75) is 26.0 Å². The first-order chi connectivity index (χ1) is 7.20. The van der Waals surface area contributed by atoms with Gasteiger partial charge >= 0.3 is 0 Å². The van der Waals surface area contributed by atoms with Crippen molar-refractivity contribution in [1.82, 2.24) is 9.36 Å². The third kappa shape index (κ3) is 2.27. The van der Waals surface area contributed by atoms with Crippen molar-refractivity contribution in [2.75, 3.05) is 24.6 Å². The third-order valence-electron chi connectivity index (χ3n) is 2.53. The molecule has 2 atom stereocenters. The van der Waals surface area contributed by atoms with Crippen LogP contribution in [-0.2, 0) is 4.74 Å². The molecule has 0 spiro atoms. The quantitative estimate of drug-likeness (QED) is 0.793. The van der Waals surface area contributed by atoms with Crippen molar-refractivity contribution >= 4 is 16.7 Å². The first kappa shape index (κ1) is 10.8. The Morgan fingerprint density at radius 3 is 3.07 bits per heavy atom. The Bertz CT molecular complexity index is 330. The van der Waals surface area contributed by atoms with Crippen molar-refractivity contribution in [3.05, 3.63) is 5.82 Å². The van der Waals surface area contributed by atoms with Crippen molar-refractivity contribution in [3.8, 4) is 0 Å². The lowest BCUT2D eigenvalue weighted by molar-refractivity contribution is 0.0283. The van der Waals surface area contributed by atoms with Crippen LogP contribution in [0.15, 0.2) is 0 Å². The summed E-state index contributed by atoms with van der Waals surface area (Å²) in [5.74, 6) is 0.831. The van der Waals surface area contributed by atoms with Crippen molar-refractivity contribution < 1.29 is 4.74 Å². The number of rotatable bonds is 2. The van der Waals surface area contributed by atoms with E-state index in [1.807, 2.05) is 6.92 Å². The maximum absolute atomic E-state index is 5.61. The lowest BCUT2D eigenvalue weighted by atomic mass is 10.2. The molecule has 1 saturated heterocycles. The van der Waals surface area contributed by atoms with Crippen LogP contribution in [0.2, 0.25) is 0 Å². The van der Waals surface area contributed by atoms with Gasteiger partial charge in [0.1, 0.15) is 5.82 Å².